The highest BCUT2D eigenvalue weighted by Gasteiger charge is 2.27. The van der Waals surface area contributed by atoms with Gasteiger partial charge in [-0.25, -0.2) is 13.8 Å². The molecule has 0 aliphatic heterocycles. The summed E-state index contributed by atoms with van der Waals surface area (Å²) in [4.78, 5) is 23.1. The van der Waals surface area contributed by atoms with E-state index in [2.05, 4.69) is 35.8 Å². The van der Waals surface area contributed by atoms with Crippen molar-refractivity contribution in [2.45, 2.75) is 65.1 Å². The summed E-state index contributed by atoms with van der Waals surface area (Å²) in [6, 6.07) is 5.21. The van der Waals surface area contributed by atoms with Crippen LogP contribution in [0.4, 0.5) is 14.5 Å². The number of carbonyl (C=O) groups is 1. The highest BCUT2D eigenvalue weighted by atomic mass is 19.3. The monoisotopic (exact) mass is 562 g/mol. The minimum Gasteiger partial charge on any atom is -0.389 e. The lowest BCUT2D eigenvalue weighted by Gasteiger charge is -2.18. The first-order valence-electron chi connectivity index (χ1n) is 13.1. The molecule has 1 aliphatic carbocycles. The Morgan fingerprint density at radius 2 is 1.93 bits per heavy atom. The van der Waals surface area contributed by atoms with E-state index in [0.29, 0.717) is 17.8 Å². The third kappa shape index (κ3) is 5.17. The number of rotatable bonds is 8. The average molecular weight is 563 g/mol. The van der Waals surface area contributed by atoms with Gasteiger partial charge in [0.1, 0.15) is 17.0 Å². The van der Waals surface area contributed by atoms with Crippen LogP contribution in [0.5, 0.6) is 0 Å². The first-order valence-corrected chi connectivity index (χ1v) is 13.1. The summed E-state index contributed by atoms with van der Waals surface area (Å²) in [7, 11) is 0. The third-order valence-electron chi connectivity index (χ3n) is 6.88. The number of aromatic nitrogens is 9. The van der Waals surface area contributed by atoms with Gasteiger partial charge in [0.25, 0.3) is 12.3 Å². The van der Waals surface area contributed by atoms with E-state index >= 15 is 0 Å². The second kappa shape index (κ2) is 9.80. The van der Waals surface area contributed by atoms with E-state index in [1.807, 2.05) is 19.9 Å². The van der Waals surface area contributed by atoms with Gasteiger partial charge in [-0.15, -0.1) is 10.2 Å². The molecule has 0 unspecified atom stereocenters. The zero-order chi connectivity index (χ0) is 29.1. The number of aryl methyl sites for hydroxylation is 1. The number of anilines is 1. The Bertz CT molecular complexity index is 1780. The Morgan fingerprint density at radius 3 is 2.63 bits per heavy atom. The molecule has 1 fully saturated rings. The molecule has 6 rings (SSSR count). The Labute approximate surface area is 233 Å². The number of aliphatic hydroxyl groups is 1. The van der Waals surface area contributed by atoms with Gasteiger partial charge in [-0.1, -0.05) is 0 Å². The van der Waals surface area contributed by atoms with Crippen LogP contribution in [-0.2, 0) is 6.54 Å². The quantitative estimate of drug-likeness (QED) is 0.287. The molecule has 41 heavy (non-hydrogen) atoms. The van der Waals surface area contributed by atoms with Gasteiger partial charge in [-0.2, -0.15) is 9.90 Å². The van der Waals surface area contributed by atoms with Gasteiger partial charge in [0.05, 0.1) is 35.8 Å². The van der Waals surface area contributed by atoms with Crippen molar-refractivity contribution >= 4 is 17.2 Å². The molecule has 0 atom stereocenters. The van der Waals surface area contributed by atoms with Crippen LogP contribution in [-0.4, -0.2) is 61.0 Å². The Balaban J connectivity index is 1.33. The van der Waals surface area contributed by atoms with E-state index in [4.69, 9.17) is 0 Å². The number of amides is 1. The number of hydrogen-bond acceptors (Lipinski definition) is 8. The predicted octanol–water partition coefficient (Wildman–Crippen LogP) is 4.16. The van der Waals surface area contributed by atoms with Crippen LogP contribution in [0.3, 0.4) is 0 Å². The second-order valence-corrected chi connectivity index (χ2v) is 10.9. The zero-order valence-electron chi connectivity index (χ0n) is 22.9. The highest BCUT2D eigenvalue weighted by molar-refractivity contribution is 6.04. The maximum Gasteiger partial charge on any atom is 0.282 e. The van der Waals surface area contributed by atoms with Gasteiger partial charge >= 0.3 is 0 Å². The first kappa shape index (κ1) is 26.6. The van der Waals surface area contributed by atoms with Crippen molar-refractivity contribution in [3.05, 3.63) is 59.6 Å². The van der Waals surface area contributed by atoms with Crippen molar-refractivity contribution in [3.8, 4) is 22.5 Å². The topological polar surface area (TPSA) is 141 Å². The fourth-order valence-corrected chi connectivity index (χ4v) is 4.79. The third-order valence-corrected chi connectivity index (χ3v) is 6.88. The van der Waals surface area contributed by atoms with Crippen molar-refractivity contribution in [2.75, 3.05) is 5.32 Å². The van der Waals surface area contributed by atoms with Crippen molar-refractivity contribution < 1.29 is 18.7 Å². The number of hydrogen-bond donors (Lipinski definition) is 2. The lowest BCUT2D eigenvalue weighted by Crippen LogP contribution is -2.27. The molecule has 1 amide bonds. The van der Waals surface area contributed by atoms with Crippen LogP contribution in [0.25, 0.3) is 28.2 Å². The van der Waals surface area contributed by atoms with Crippen molar-refractivity contribution in [2.24, 2.45) is 0 Å². The summed E-state index contributed by atoms with van der Waals surface area (Å²) < 4.78 is 31.0. The summed E-state index contributed by atoms with van der Waals surface area (Å²) in [5.41, 5.74) is 2.57. The van der Waals surface area contributed by atoms with Crippen LogP contribution >= 0.6 is 0 Å². The van der Waals surface area contributed by atoms with Gasteiger partial charge in [0, 0.05) is 34.8 Å². The fraction of sp³-hybridized carbons (Fsp3) is 0.370. The summed E-state index contributed by atoms with van der Waals surface area (Å²) in [6.45, 7) is 7.52. The second-order valence-electron chi connectivity index (χ2n) is 10.9. The Morgan fingerprint density at radius 1 is 1.15 bits per heavy atom. The minimum absolute atomic E-state index is 0.143. The molecule has 0 radical (unpaired) electrons. The van der Waals surface area contributed by atoms with Crippen LogP contribution in [0.15, 0.2) is 36.8 Å². The lowest BCUT2D eigenvalue weighted by atomic mass is 10.1. The SMILES string of the molecule is Cc1nn(CC(C)(C)O)c(C)c1-c1ccc2ncc(C(=O)Nc3cc(-c4nnn(C5CC5)n4)cnc3C(F)F)n2c1. The van der Waals surface area contributed by atoms with Crippen LogP contribution in [0.2, 0.25) is 0 Å². The molecule has 0 aromatic carbocycles. The molecule has 2 N–H and O–H groups in total. The molecule has 1 aliphatic rings. The van der Waals surface area contributed by atoms with Gasteiger partial charge < -0.3 is 10.4 Å². The summed E-state index contributed by atoms with van der Waals surface area (Å²) in [5, 5.41) is 29.8. The van der Waals surface area contributed by atoms with E-state index in [-0.39, 0.29) is 23.2 Å². The van der Waals surface area contributed by atoms with Crippen LogP contribution < -0.4 is 5.32 Å². The van der Waals surface area contributed by atoms with Gasteiger partial charge in [0.2, 0.25) is 5.82 Å². The first-order chi connectivity index (χ1) is 19.5. The number of imidazole rings is 1. The molecule has 12 nitrogen and oxygen atoms in total. The molecule has 5 heterocycles. The minimum atomic E-state index is -2.92. The predicted molar refractivity (Wildman–Crippen MR) is 144 cm³/mol. The van der Waals surface area contributed by atoms with Crippen molar-refractivity contribution in [1.82, 2.24) is 44.4 Å². The average Bonchev–Trinajstić information content (AvgIpc) is 3.36. The van der Waals surface area contributed by atoms with Crippen LogP contribution in [0, 0.1) is 13.8 Å². The van der Waals surface area contributed by atoms with Crippen molar-refractivity contribution in [1.29, 1.82) is 0 Å². The maximum atomic E-state index is 13.8. The van der Waals surface area contributed by atoms with E-state index in [9.17, 15) is 18.7 Å². The Kier molecular flexibility index (Phi) is 6.36. The normalized spacial score (nSPS) is 13.9. The molecule has 14 heteroatoms. The van der Waals surface area contributed by atoms with E-state index in [1.165, 1.54) is 23.3 Å². The van der Waals surface area contributed by atoms with Crippen LogP contribution in [0.1, 0.15) is 66.7 Å². The number of pyridine rings is 2. The molecule has 5 aromatic heterocycles. The fourth-order valence-electron chi connectivity index (χ4n) is 4.79. The molecule has 0 saturated heterocycles. The van der Waals surface area contributed by atoms with Gasteiger partial charge in [0.15, 0.2) is 0 Å². The summed E-state index contributed by atoms with van der Waals surface area (Å²) in [5.74, 6) is -0.410. The number of fused-ring (bicyclic) bond motifs is 1. The number of nitrogens with one attached hydrogen (secondary N) is 1. The molecular weight excluding hydrogens is 534 g/mol. The molecule has 0 spiro atoms. The largest absolute Gasteiger partial charge is 0.389 e. The van der Waals surface area contributed by atoms with E-state index < -0.39 is 23.6 Å². The molecular formula is C27H28F2N10O2. The van der Waals surface area contributed by atoms with E-state index in [1.54, 1.807) is 35.2 Å². The standard InChI is InChI=1S/C27H28F2N10O2/c1-14-22(15(2)38(34-14)13-27(3,4)41)16-5-8-21-30-11-20(37(21)12-16)26(40)32-19-9-17(10-31-23(19)24(28)29)25-33-36-39(35-25)18-6-7-18/h5,8-12,18,24,41H,6-7,13H2,1-4H3,(H,32,40). The lowest BCUT2D eigenvalue weighted by molar-refractivity contribution is 0.0570. The summed E-state index contributed by atoms with van der Waals surface area (Å²) >= 11 is 0. The van der Waals surface area contributed by atoms with Gasteiger partial charge in [-0.05, 0) is 63.9 Å². The number of halogens is 2. The maximum absolute atomic E-state index is 13.8. The van der Waals surface area contributed by atoms with E-state index in [0.717, 1.165) is 35.4 Å². The molecule has 1 saturated carbocycles. The van der Waals surface area contributed by atoms with Crippen molar-refractivity contribution in [3.63, 3.8) is 0 Å². The molecule has 5 aromatic rings. The zero-order valence-corrected chi connectivity index (χ0v) is 22.9. The smallest absolute Gasteiger partial charge is 0.282 e. The number of tetrazole rings is 1. The van der Waals surface area contributed by atoms with Gasteiger partial charge in [-0.3, -0.25) is 18.9 Å². The Hall–Kier alpha value is -4.59. The number of alkyl halides is 2. The molecule has 0 bridgehead atoms. The number of nitrogens with zero attached hydrogens (tertiary/aromatic N) is 9. The summed E-state index contributed by atoms with van der Waals surface area (Å²) in [6.07, 6.45) is 3.38. The number of carbonyl (C=O) groups excluding carboxylic acids is 1. The molecule has 212 valence electrons. The highest BCUT2D eigenvalue weighted by Crippen LogP contribution is 2.34.